The molecular weight excluding hydrogens is 593 g/mol. The van der Waals surface area contributed by atoms with E-state index in [1.807, 2.05) is 0 Å². The van der Waals surface area contributed by atoms with Crippen molar-refractivity contribution in [1.29, 1.82) is 0 Å². The number of benzene rings is 3. The van der Waals surface area contributed by atoms with E-state index in [9.17, 15) is 40.3 Å². The van der Waals surface area contributed by atoms with Crippen LogP contribution in [-0.2, 0) is 11.0 Å². The molecule has 1 fully saturated rings. The van der Waals surface area contributed by atoms with Crippen LogP contribution in [0.3, 0.4) is 0 Å². The molecule has 4 rings (SSSR count). The lowest BCUT2D eigenvalue weighted by Gasteiger charge is -2.27. The van der Waals surface area contributed by atoms with Gasteiger partial charge in [0.15, 0.2) is 29.1 Å². The van der Waals surface area contributed by atoms with Gasteiger partial charge in [0.2, 0.25) is 0 Å². The van der Waals surface area contributed by atoms with Gasteiger partial charge in [-0.15, -0.1) is 0 Å². The van der Waals surface area contributed by atoms with E-state index in [1.165, 1.54) is 30.4 Å². The summed E-state index contributed by atoms with van der Waals surface area (Å²) in [5, 5.41) is 2.63. The van der Waals surface area contributed by atoms with Crippen LogP contribution < -0.4 is 10.1 Å². The fourth-order valence-electron chi connectivity index (χ4n) is 4.58. The zero-order chi connectivity index (χ0) is 32.2. The van der Waals surface area contributed by atoms with Crippen LogP contribution in [0.1, 0.15) is 39.9 Å². The molecule has 5 nitrogen and oxygen atoms in total. The number of nitrogens with zero attached hydrogens (tertiary/aromatic N) is 1. The molecule has 0 unspecified atom stereocenters. The third-order valence-electron chi connectivity index (χ3n) is 6.76. The van der Waals surface area contributed by atoms with Gasteiger partial charge in [-0.3, -0.25) is 9.59 Å². The Kier molecular flexibility index (Phi) is 9.93. The number of carbonyl (C=O) groups excluding carboxylic acids is 2. The van der Waals surface area contributed by atoms with E-state index in [-0.39, 0.29) is 47.3 Å². The molecule has 1 aliphatic carbocycles. The number of alkyl halides is 3. The Labute approximate surface area is 248 Å². The Morgan fingerprint density at radius 3 is 1.89 bits per heavy atom. The molecule has 1 saturated carbocycles. The van der Waals surface area contributed by atoms with Crippen LogP contribution in [0.2, 0.25) is 0 Å². The molecule has 0 spiro atoms. The molecule has 3 aromatic carbocycles. The smallest absolute Gasteiger partial charge is 0.419 e. The molecule has 0 radical (unpaired) electrons. The number of nitrogens with one attached hydrogen (secondary N) is 1. The first-order valence-corrected chi connectivity index (χ1v) is 13.4. The molecule has 0 bridgehead atoms. The van der Waals surface area contributed by atoms with E-state index in [4.69, 9.17) is 4.74 Å². The standard InChI is InChI=1S/C32H27F7N2O3/c1-41(2)9-10-44-29-8-5-20(17-24(29)32(37,38)39)31(43)40-23-15-21(11-18-3-6-25(33)27(35)13-18)30(42)22(16-23)12-19-4-7-26(34)28(36)14-19/h3-8,11-14,17,23H,9-10,15-16H2,1-2H3,(H,40,43)/b21-11+,22-12+. The molecule has 0 saturated heterocycles. The minimum Gasteiger partial charge on any atom is -0.492 e. The maximum Gasteiger partial charge on any atom is 0.419 e. The van der Waals surface area contributed by atoms with Gasteiger partial charge in [-0.1, -0.05) is 12.1 Å². The first-order chi connectivity index (χ1) is 20.7. The summed E-state index contributed by atoms with van der Waals surface area (Å²) >= 11 is 0. The Hall–Kier alpha value is -4.45. The van der Waals surface area contributed by atoms with Crippen molar-refractivity contribution in [3.05, 3.63) is 111 Å². The topological polar surface area (TPSA) is 58.6 Å². The third-order valence-corrected chi connectivity index (χ3v) is 6.76. The monoisotopic (exact) mass is 620 g/mol. The molecule has 1 N–H and O–H groups in total. The van der Waals surface area contributed by atoms with E-state index in [0.29, 0.717) is 12.6 Å². The highest BCUT2D eigenvalue weighted by atomic mass is 19.4. The van der Waals surface area contributed by atoms with Crippen LogP contribution >= 0.6 is 0 Å². The molecule has 0 atom stereocenters. The minimum absolute atomic E-state index is 0.0160. The fourth-order valence-corrected chi connectivity index (χ4v) is 4.58. The number of ketones is 1. The second-order valence-electron chi connectivity index (χ2n) is 10.5. The zero-order valence-corrected chi connectivity index (χ0v) is 23.6. The van der Waals surface area contributed by atoms with E-state index in [1.54, 1.807) is 19.0 Å². The number of hydrogen-bond donors (Lipinski definition) is 1. The minimum atomic E-state index is -4.82. The van der Waals surface area contributed by atoms with Crippen LogP contribution in [0.15, 0.2) is 65.7 Å². The summed E-state index contributed by atoms with van der Waals surface area (Å²) in [6, 6.07) is 8.04. The Bertz CT molecular complexity index is 1560. The van der Waals surface area contributed by atoms with Gasteiger partial charge in [0, 0.05) is 29.3 Å². The molecule has 1 aliphatic rings. The fraction of sp³-hybridized carbons (Fsp3) is 0.250. The number of Topliss-reactive ketones (excluding diaryl/α,β-unsaturated/α-hetero) is 1. The van der Waals surface area contributed by atoms with Crippen LogP contribution in [0.5, 0.6) is 5.75 Å². The lowest BCUT2D eigenvalue weighted by atomic mass is 9.83. The van der Waals surface area contributed by atoms with Crippen molar-refractivity contribution >= 4 is 23.8 Å². The lowest BCUT2D eigenvalue weighted by molar-refractivity contribution is -0.139. The Morgan fingerprint density at radius 2 is 1.41 bits per heavy atom. The molecule has 12 heteroatoms. The number of ether oxygens (including phenoxy) is 1. The third kappa shape index (κ3) is 8.13. The predicted octanol–water partition coefficient (Wildman–Crippen LogP) is 6.83. The van der Waals surface area contributed by atoms with Crippen molar-refractivity contribution in [2.75, 3.05) is 27.2 Å². The maximum atomic E-state index is 13.8. The van der Waals surface area contributed by atoms with Crippen molar-refractivity contribution in [2.45, 2.75) is 25.1 Å². The van der Waals surface area contributed by atoms with Gasteiger partial charge in [0.1, 0.15) is 12.4 Å². The molecule has 0 heterocycles. The molecule has 0 aromatic heterocycles. The summed E-state index contributed by atoms with van der Waals surface area (Å²) in [5.41, 5.74) is -1.02. The molecular formula is C32H27F7N2O3. The van der Waals surface area contributed by atoms with Gasteiger partial charge in [-0.25, -0.2) is 17.6 Å². The normalized spacial score (nSPS) is 17.4. The van der Waals surface area contributed by atoms with Gasteiger partial charge in [0.25, 0.3) is 5.91 Å². The summed E-state index contributed by atoms with van der Waals surface area (Å²) in [4.78, 5) is 28.2. The van der Waals surface area contributed by atoms with Gasteiger partial charge >= 0.3 is 6.18 Å². The Balaban J connectivity index is 1.65. The van der Waals surface area contributed by atoms with Crippen molar-refractivity contribution < 1.29 is 45.1 Å². The first kappa shape index (κ1) is 32.5. The number of rotatable bonds is 8. The van der Waals surface area contributed by atoms with Crippen LogP contribution in [0.4, 0.5) is 30.7 Å². The van der Waals surface area contributed by atoms with E-state index >= 15 is 0 Å². The highest BCUT2D eigenvalue weighted by Gasteiger charge is 2.36. The van der Waals surface area contributed by atoms with Gasteiger partial charge in [-0.05, 0) is 92.7 Å². The maximum absolute atomic E-state index is 13.8. The summed E-state index contributed by atoms with van der Waals surface area (Å²) < 4.78 is 101. The van der Waals surface area contributed by atoms with Crippen molar-refractivity contribution in [2.24, 2.45) is 0 Å². The molecule has 1 amide bonds. The summed E-state index contributed by atoms with van der Waals surface area (Å²) in [6.45, 7) is 0.346. The quantitative estimate of drug-likeness (QED) is 0.222. The SMILES string of the molecule is CN(C)CCOc1ccc(C(=O)NC2C/C(=C\c3ccc(F)c(F)c3)C(=O)/C(=C/c3ccc(F)c(F)c3)C2)cc1C(F)(F)F. The van der Waals surface area contributed by atoms with Crippen molar-refractivity contribution in [3.63, 3.8) is 0 Å². The number of hydrogen-bond acceptors (Lipinski definition) is 4. The number of likely N-dealkylation sites (N-methyl/N-ethyl adjacent to an activating group) is 1. The number of carbonyl (C=O) groups is 2. The second kappa shape index (κ2) is 13.5. The second-order valence-corrected chi connectivity index (χ2v) is 10.5. The summed E-state index contributed by atoms with van der Waals surface area (Å²) in [7, 11) is 3.47. The van der Waals surface area contributed by atoms with Gasteiger partial charge in [0.05, 0.1) is 5.56 Å². The summed E-state index contributed by atoms with van der Waals surface area (Å²) in [6.07, 6.45) is -2.43. The van der Waals surface area contributed by atoms with Crippen LogP contribution in [0, 0.1) is 23.3 Å². The van der Waals surface area contributed by atoms with Gasteiger partial charge in [-0.2, -0.15) is 13.2 Å². The van der Waals surface area contributed by atoms with E-state index in [0.717, 1.165) is 30.3 Å². The van der Waals surface area contributed by atoms with Crippen molar-refractivity contribution in [3.8, 4) is 5.75 Å². The highest BCUT2D eigenvalue weighted by Crippen LogP contribution is 2.37. The zero-order valence-electron chi connectivity index (χ0n) is 23.6. The predicted molar refractivity (Wildman–Crippen MR) is 150 cm³/mol. The average Bonchev–Trinajstić information content (AvgIpc) is 2.94. The van der Waals surface area contributed by atoms with Crippen LogP contribution in [-0.4, -0.2) is 49.9 Å². The largest absolute Gasteiger partial charge is 0.492 e. The Morgan fingerprint density at radius 1 is 0.864 bits per heavy atom. The first-order valence-electron chi connectivity index (χ1n) is 13.4. The van der Waals surface area contributed by atoms with Gasteiger partial charge < -0.3 is 15.0 Å². The number of amides is 1. The highest BCUT2D eigenvalue weighted by molar-refractivity contribution is 6.14. The molecule has 3 aromatic rings. The average molecular weight is 621 g/mol. The van der Waals surface area contributed by atoms with Crippen LogP contribution in [0.25, 0.3) is 12.2 Å². The number of halogens is 7. The lowest BCUT2D eigenvalue weighted by Crippen LogP contribution is -2.39. The van der Waals surface area contributed by atoms with Crippen molar-refractivity contribution in [1.82, 2.24) is 10.2 Å². The van der Waals surface area contributed by atoms with E-state index < -0.39 is 58.5 Å². The molecule has 0 aliphatic heterocycles. The molecule has 44 heavy (non-hydrogen) atoms. The molecule has 232 valence electrons. The summed E-state index contributed by atoms with van der Waals surface area (Å²) in [5.74, 6) is -6.35. The van der Waals surface area contributed by atoms with E-state index in [2.05, 4.69) is 5.32 Å².